The molecule has 92 valence electrons. The van der Waals surface area contributed by atoms with Gasteiger partial charge in [0.2, 0.25) is 0 Å². The van der Waals surface area contributed by atoms with Crippen LogP contribution in [0.3, 0.4) is 0 Å². The fourth-order valence-corrected chi connectivity index (χ4v) is 1.33. The Morgan fingerprint density at radius 3 is 2.94 bits per heavy atom. The van der Waals surface area contributed by atoms with Crippen LogP contribution in [0.4, 0.5) is 5.82 Å². The van der Waals surface area contributed by atoms with Crippen LogP contribution >= 0.6 is 0 Å². The molecule has 1 aromatic heterocycles. The third kappa shape index (κ3) is 3.99. The molecule has 1 aliphatic rings. The number of hydrogen-bond acceptors (Lipinski definition) is 5. The summed E-state index contributed by atoms with van der Waals surface area (Å²) in [6.45, 7) is 1.82. The van der Waals surface area contributed by atoms with Crippen molar-refractivity contribution in [3.63, 3.8) is 0 Å². The molecular weight excluding hydrogens is 220 g/mol. The molecule has 0 saturated heterocycles. The standard InChI is InChI=1S/C11H16N4O2/c12-10-4-3-9(14-15-10)11(16)13-5-6-17-7-8-1-2-8/h3-4,8H,1-2,5-7H2,(H2,12,15)(H,13,16). The summed E-state index contributed by atoms with van der Waals surface area (Å²) in [5.74, 6) is 0.788. The molecule has 17 heavy (non-hydrogen) atoms. The highest BCUT2D eigenvalue weighted by atomic mass is 16.5. The van der Waals surface area contributed by atoms with E-state index in [1.54, 1.807) is 12.1 Å². The topological polar surface area (TPSA) is 90.1 Å². The van der Waals surface area contributed by atoms with Crippen molar-refractivity contribution in [3.8, 4) is 0 Å². The van der Waals surface area contributed by atoms with Gasteiger partial charge in [0.05, 0.1) is 6.61 Å². The van der Waals surface area contributed by atoms with Crippen LogP contribution in [0.25, 0.3) is 0 Å². The zero-order valence-corrected chi connectivity index (χ0v) is 9.56. The summed E-state index contributed by atoms with van der Waals surface area (Å²) < 4.78 is 5.39. The van der Waals surface area contributed by atoms with E-state index in [9.17, 15) is 4.79 Å². The number of hydrogen-bond donors (Lipinski definition) is 2. The Hall–Kier alpha value is -1.69. The van der Waals surface area contributed by atoms with Gasteiger partial charge in [-0.1, -0.05) is 0 Å². The average molecular weight is 236 g/mol. The summed E-state index contributed by atoms with van der Waals surface area (Å²) in [5.41, 5.74) is 5.64. The van der Waals surface area contributed by atoms with Crippen molar-refractivity contribution in [2.75, 3.05) is 25.5 Å². The number of rotatable bonds is 6. The zero-order chi connectivity index (χ0) is 12.1. The molecule has 1 aliphatic carbocycles. The number of aromatic nitrogens is 2. The van der Waals surface area contributed by atoms with Gasteiger partial charge in [0.25, 0.3) is 5.91 Å². The first kappa shape index (κ1) is 11.8. The summed E-state index contributed by atoms with van der Waals surface area (Å²) in [6, 6.07) is 3.09. The van der Waals surface area contributed by atoms with Gasteiger partial charge in [-0.25, -0.2) is 0 Å². The second kappa shape index (κ2) is 5.58. The molecule has 0 aromatic carbocycles. The molecule has 1 aromatic rings. The number of anilines is 1. The van der Waals surface area contributed by atoms with E-state index in [4.69, 9.17) is 10.5 Å². The molecule has 2 rings (SSSR count). The summed E-state index contributed by atoms with van der Waals surface area (Å²) in [5, 5.41) is 10.0. The minimum atomic E-state index is -0.257. The second-order valence-electron chi connectivity index (χ2n) is 4.12. The van der Waals surface area contributed by atoms with Gasteiger partial charge < -0.3 is 15.8 Å². The molecule has 0 aliphatic heterocycles. The maximum atomic E-state index is 11.6. The molecule has 6 nitrogen and oxygen atoms in total. The lowest BCUT2D eigenvalue weighted by molar-refractivity contribution is 0.0901. The predicted molar refractivity (Wildman–Crippen MR) is 62.3 cm³/mol. The third-order valence-corrected chi connectivity index (χ3v) is 2.50. The molecule has 0 radical (unpaired) electrons. The molecule has 1 fully saturated rings. The van der Waals surface area contributed by atoms with Crippen LogP contribution in [-0.4, -0.2) is 35.9 Å². The molecular formula is C11H16N4O2. The largest absolute Gasteiger partial charge is 0.382 e. The van der Waals surface area contributed by atoms with E-state index < -0.39 is 0 Å². The predicted octanol–water partition coefficient (Wildman–Crippen LogP) is 0.215. The number of nitrogens with two attached hydrogens (primary N) is 1. The lowest BCUT2D eigenvalue weighted by Crippen LogP contribution is -2.28. The van der Waals surface area contributed by atoms with Gasteiger partial charge in [0.1, 0.15) is 5.82 Å². The maximum Gasteiger partial charge on any atom is 0.271 e. The molecule has 0 spiro atoms. The van der Waals surface area contributed by atoms with Gasteiger partial charge in [0, 0.05) is 13.2 Å². The first-order chi connectivity index (χ1) is 8.25. The summed E-state index contributed by atoms with van der Waals surface area (Å²) in [4.78, 5) is 11.6. The highest BCUT2D eigenvalue weighted by Gasteiger charge is 2.20. The van der Waals surface area contributed by atoms with Gasteiger partial charge in [-0.05, 0) is 30.9 Å². The van der Waals surface area contributed by atoms with Crippen LogP contribution in [0.5, 0.6) is 0 Å². The minimum absolute atomic E-state index is 0.257. The van der Waals surface area contributed by atoms with Crippen LogP contribution in [-0.2, 0) is 4.74 Å². The molecule has 1 saturated carbocycles. The van der Waals surface area contributed by atoms with Crippen molar-refractivity contribution >= 4 is 11.7 Å². The molecule has 3 N–H and O–H groups in total. The van der Waals surface area contributed by atoms with Crippen LogP contribution in [0.1, 0.15) is 23.3 Å². The minimum Gasteiger partial charge on any atom is -0.382 e. The quantitative estimate of drug-likeness (QED) is 0.689. The number of ether oxygens (including phenoxy) is 1. The molecule has 1 amide bonds. The Balaban J connectivity index is 1.64. The van der Waals surface area contributed by atoms with E-state index in [2.05, 4.69) is 15.5 Å². The van der Waals surface area contributed by atoms with E-state index in [0.717, 1.165) is 12.5 Å². The Morgan fingerprint density at radius 2 is 2.29 bits per heavy atom. The van der Waals surface area contributed by atoms with Crippen molar-refractivity contribution in [1.29, 1.82) is 0 Å². The second-order valence-corrected chi connectivity index (χ2v) is 4.12. The lowest BCUT2D eigenvalue weighted by Gasteiger charge is -2.05. The Labute approximate surface area is 99.6 Å². The van der Waals surface area contributed by atoms with Crippen molar-refractivity contribution in [2.45, 2.75) is 12.8 Å². The smallest absolute Gasteiger partial charge is 0.271 e. The van der Waals surface area contributed by atoms with Gasteiger partial charge >= 0.3 is 0 Å². The third-order valence-electron chi connectivity index (χ3n) is 2.50. The zero-order valence-electron chi connectivity index (χ0n) is 9.56. The molecule has 0 bridgehead atoms. The summed E-state index contributed by atoms with van der Waals surface area (Å²) in [7, 11) is 0. The van der Waals surface area contributed by atoms with Crippen LogP contribution in [0.2, 0.25) is 0 Å². The van der Waals surface area contributed by atoms with Gasteiger partial charge in [0.15, 0.2) is 5.69 Å². The summed E-state index contributed by atoms with van der Waals surface area (Å²) >= 11 is 0. The van der Waals surface area contributed by atoms with E-state index in [1.807, 2.05) is 0 Å². The Bertz CT molecular complexity index is 376. The number of amides is 1. The molecule has 0 unspecified atom stereocenters. The van der Waals surface area contributed by atoms with Crippen LogP contribution in [0.15, 0.2) is 12.1 Å². The first-order valence-corrected chi connectivity index (χ1v) is 5.71. The van der Waals surface area contributed by atoms with Crippen molar-refractivity contribution in [3.05, 3.63) is 17.8 Å². The van der Waals surface area contributed by atoms with Gasteiger partial charge in [-0.2, -0.15) is 0 Å². The molecule has 0 atom stereocenters. The highest BCUT2D eigenvalue weighted by Crippen LogP contribution is 2.28. The first-order valence-electron chi connectivity index (χ1n) is 5.71. The Morgan fingerprint density at radius 1 is 1.47 bits per heavy atom. The van der Waals surface area contributed by atoms with Crippen molar-refractivity contribution in [1.82, 2.24) is 15.5 Å². The highest BCUT2D eigenvalue weighted by molar-refractivity contribution is 5.92. The summed E-state index contributed by atoms with van der Waals surface area (Å²) in [6.07, 6.45) is 2.54. The number of carbonyl (C=O) groups is 1. The fourth-order valence-electron chi connectivity index (χ4n) is 1.33. The lowest BCUT2D eigenvalue weighted by atomic mass is 10.3. The van der Waals surface area contributed by atoms with Gasteiger partial charge in [-0.3, -0.25) is 4.79 Å². The fraction of sp³-hybridized carbons (Fsp3) is 0.545. The number of carbonyl (C=O) groups excluding carboxylic acids is 1. The van der Waals surface area contributed by atoms with Crippen LogP contribution < -0.4 is 11.1 Å². The van der Waals surface area contributed by atoms with Crippen molar-refractivity contribution in [2.24, 2.45) is 5.92 Å². The maximum absolute atomic E-state index is 11.6. The SMILES string of the molecule is Nc1ccc(C(=O)NCCOCC2CC2)nn1. The molecule has 6 heteroatoms. The van der Waals surface area contributed by atoms with Crippen LogP contribution in [0, 0.1) is 5.92 Å². The van der Waals surface area contributed by atoms with E-state index in [-0.39, 0.29) is 11.6 Å². The number of nitrogens with one attached hydrogen (secondary N) is 1. The average Bonchev–Trinajstić information content (AvgIpc) is 3.13. The Kier molecular flexibility index (Phi) is 3.87. The van der Waals surface area contributed by atoms with E-state index in [1.165, 1.54) is 12.8 Å². The van der Waals surface area contributed by atoms with E-state index in [0.29, 0.717) is 19.0 Å². The molecule has 1 heterocycles. The van der Waals surface area contributed by atoms with Gasteiger partial charge in [-0.15, -0.1) is 10.2 Å². The monoisotopic (exact) mass is 236 g/mol. The number of nitrogen functional groups attached to an aromatic ring is 1. The normalized spacial score (nSPS) is 14.6. The van der Waals surface area contributed by atoms with Crippen molar-refractivity contribution < 1.29 is 9.53 Å². The van der Waals surface area contributed by atoms with E-state index >= 15 is 0 Å². The number of nitrogens with zero attached hydrogens (tertiary/aromatic N) is 2.